The number of anilines is 2. The number of hydrogen-bond acceptors (Lipinski definition) is 3. The van der Waals surface area contributed by atoms with Gasteiger partial charge in [-0.05, 0) is 97.7 Å². The van der Waals surface area contributed by atoms with Gasteiger partial charge in [-0.3, -0.25) is 4.98 Å². The molecule has 4 heterocycles. The highest BCUT2D eigenvalue weighted by molar-refractivity contribution is 9.10. The summed E-state index contributed by atoms with van der Waals surface area (Å²) in [5.41, 5.74) is 5.19. The van der Waals surface area contributed by atoms with Gasteiger partial charge in [-0.1, -0.05) is 40.5 Å². The Morgan fingerprint density at radius 3 is 2.45 bits per heavy atom. The molecule has 2 aliphatic heterocycles. The second-order valence-electron chi connectivity index (χ2n) is 10.1. The van der Waals surface area contributed by atoms with Crippen LogP contribution in [-0.4, -0.2) is 27.8 Å². The van der Waals surface area contributed by atoms with Crippen molar-refractivity contribution < 1.29 is 0 Å². The lowest BCUT2D eigenvalue weighted by atomic mass is 9.98. The molecule has 2 aromatic heterocycles. The van der Waals surface area contributed by atoms with Gasteiger partial charge in [-0.15, -0.1) is 0 Å². The molecule has 0 aliphatic carbocycles. The molecular weight excluding hydrogens is 578 g/mol. The molecule has 2 saturated heterocycles. The lowest BCUT2D eigenvalue weighted by Gasteiger charge is -2.33. The molecule has 4 aromatic rings. The Morgan fingerprint density at radius 1 is 0.974 bits per heavy atom. The average Bonchev–Trinajstić information content (AvgIpc) is 3.54. The maximum atomic E-state index is 6.94. The second kappa shape index (κ2) is 10.7. The van der Waals surface area contributed by atoms with Crippen molar-refractivity contribution >= 4 is 56.2 Å². The van der Waals surface area contributed by atoms with Gasteiger partial charge in [0, 0.05) is 47.0 Å². The first-order valence-corrected chi connectivity index (χ1v) is 14.6. The molecule has 2 atom stereocenters. The Balaban J connectivity index is 1.42. The van der Waals surface area contributed by atoms with Gasteiger partial charge in [-0.2, -0.15) is 0 Å². The van der Waals surface area contributed by atoms with Crippen molar-refractivity contribution in [1.82, 2.24) is 14.9 Å². The number of nitrogens with zero attached hydrogens (tertiary/aromatic N) is 4. The number of nitrogens with one attached hydrogen (secondary N) is 1. The fourth-order valence-electron chi connectivity index (χ4n) is 5.56. The van der Waals surface area contributed by atoms with E-state index in [0.717, 1.165) is 57.0 Å². The molecule has 8 heteroatoms. The monoisotopic (exact) mass is 605 g/mol. The van der Waals surface area contributed by atoms with E-state index in [4.69, 9.17) is 28.8 Å². The SMILES string of the molecule is CC1CCN(c2ccc(N3C(=S)N[C@H](c4ccccn4)[C@@H]3c3cccn3-c3ccc(Br)cc3)cc2Cl)CC1. The van der Waals surface area contributed by atoms with Crippen LogP contribution in [0.15, 0.2) is 89.7 Å². The van der Waals surface area contributed by atoms with Crippen molar-refractivity contribution in [3.63, 3.8) is 0 Å². The molecule has 0 bridgehead atoms. The Hall–Kier alpha value is -2.87. The van der Waals surface area contributed by atoms with Crippen LogP contribution < -0.4 is 15.1 Å². The standard InChI is InChI=1S/C30H29BrClN5S/c1-20-13-17-35(18-14-20)26-12-11-23(19-24(26)32)37-29(28(34-30(37)38)25-5-2-3-15-33-25)27-6-4-16-36(27)22-9-7-21(31)8-10-22/h2-12,15-16,19-20,28-29H,13-14,17-18H2,1H3,(H,34,38)/t28-,29+/m1/s1. The van der Waals surface area contributed by atoms with E-state index in [-0.39, 0.29) is 12.1 Å². The summed E-state index contributed by atoms with van der Waals surface area (Å²) in [7, 11) is 0. The summed E-state index contributed by atoms with van der Waals surface area (Å²) in [5.74, 6) is 0.767. The highest BCUT2D eigenvalue weighted by Crippen LogP contribution is 2.44. The summed E-state index contributed by atoms with van der Waals surface area (Å²) >= 11 is 16.5. The molecule has 0 unspecified atom stereocenters. The molecule has 0 saturated carbocycles. The van der Waals surface area contributed by atoms with Gasteiger partial charge in [-0.25, -0.2) is 0 Å². The van der Waals surface area contributed by atoms with Gasteiger partial charge in [0.25, 0.3) is 0 Å². The fourth-order valence-corrected chi connectivity index (χ4v) is 6.46. The lowest BCUT2D eigenvalue weighted by molar-refractivity contribution is 0.438. The first-order valence-electron chi connectivity index (χ1n) is 13.0. The Kier molecular flexibility index (Phi) is 7.16. The van der Waals surface area contributed by atoms with Crippen LogP contribution >= 0.6 is 39.7 Å². The third-order valence-electron chi connectivity index (χ3n) is 7.62. The largest absolute Gasteiger partial charge is 0.370 e. The molecule has 0 amide bonds. The first kappa shape index (κ1) is 25.4. The molecule has 6 rings (SSSR count). The van der Waals surface area contributed by atoms with Crippen LogP contribution in [-0.2, 0) is 0 Å². The topological polar surface area (TPSA) is 36.3 Å². The van der Waals surface area contributed by atoms with E-state index in [0.29, 0.717) is 5.11 Å². The minimum Gasteiger partial charge on any atom is -0.370 e. The number of benzene rings is 2. The van der Waals surface area contributed by atoms with Gasteiger partial charge in [0.1, 0.15) is 6.04 Å². The van der Waals surface area contributed by atoms with Crippen LogP contribution in [0.2, 0.25) is 5.02 Å². The molecule has 2 aromatic carbocycles. The Morgan fingerprint density at radius 2 is 1.74 bits per heavy atom. The maximum absolute atomic E-state index is 6.94. The second-order valence-corrected chi connectivity index (χ2v) is 11.8. The molecule has 2 fully saturated rings. The van der Waals surface area contributed by atoms with Crippen LogP contribution in [0.4, 0.5) is 11.4 Å². The fraction of sp³-hybridized carbons (Fsp3) is 0.267. The van der Waals surface area contributed by atoms with Crippen LogP contribution in [0.1, 0.15) is 43.2 Å². The number of pyridine rings is 1. The predicted molar refractivity (Wildman–Crippen MR) is 163 cm³/mol. The number of aromatic nitrogens is 2. The van der Waals surface area contributed by atoms with E-state index in [1.165, 1.54) is 12.8 Å². The highest BCUT2D eigenvalue weighted by atomic mass is 79.9. The van der Waals surface area contributed by atoms with Gasteiger partial charge in [0.05, 0.1) is 22.4 Å². The predicted octanol–water partition coefficient (Wildman–Crippen LogP) is 7.70. The zero-order valence-corrected chi connectivity index (χ0v) is 24.3. The third-order valence-corrected chi connectivity index (χ3v) is 8.77. The Labute approximate surface area is 242 Å². The summed E-state index contributed by atoms with van der Waals surface area (Å²) in [6.45, 7) is 4.40. The molecule has 5 nitrogen and oxygen atoms in total. The summed E-state index contributed by atoms with van der Waals surface area (Å²) in [6.07, 6.45) is 6.32. The van der Waals surface area contributed by atoms with Crippen molar-refractivity contribution in [3.8, 4) is 5.69 Å². The molecule has 1 N–H and O–H groups in total. The van der Waals surface area contributed by atoms with E-state index < -0.39 is 0 Å². The molecular formula is C30H29BrClN5S. The lowest BCUT2D eigenvalue weighted by Crippen LogP contribution is -2.33. The summed E-state index contributed by atoms with van der Waals surface area (Å²) in [5, 5.41) is 4.98. The summed E-state index contributed by atoms with van der Waals surface area (Å²) in [6, 6.07) is 24.7. The molecule has 2 aliphatic rings. The third kappa shape index (κ3) is 4.83. The number of piperidine rings is 1. The Bertz CT molecular complexity index is 1430. The van der Waals surface area contributed by atoms with Crippen molar-refractivity contribution in [2.45, 2.75) is 31.8 Å². The van der Waals surface area contributed by atoms with E-state index in [1.54, 1.807) is 0 Å². The summed E-state index contributed by atoms with van der Waals surface area (Å²) in [4.78, 5) is 9.29. The van der Waals surface area contributed by atoms with Crippen molar-refractivity contribution in [2.75, 3.05) is 22.9 Å². The quantitative estimate of drug-likeness (QED) is 0.236. The molecule has 0 spiro atoms. The van der Waals surface area contributed by atoms with Gasteiger partial charge >= 0.3 is 0 Å². The number of thiocarbonyl (C=S) groups is 1. The van der Waals surface area contributed by atoms with Gasteiger partial charge in [0.2, 0.25) is 0 Å². The molecule has 0 radical (unpaired) electrons. The minimum absolute atomic E-state index is 0.130. The van der Waals surface area contributed by atoms with E-state index >= 15 is 0 Å². The van der Waals surface area contributed by atoms with Crippen molar-refractivity contribution in [2.24, 2.45) is 5.92 Å². The van der Waals surface area contributed by atoms with E-state index in [2.05, 4.69) is 109 Å². The van der Waals surface area contributed by atoms with E-state index in [1.807, 2.05) is 18.3 Å². The van der Waals surface area contributed by atoms with Crippen LogP contribution in [0.25, 0.3) is 5.69 Å². The van der Waals surface area contributed by atoms with Crippen molar-refractivity contribution in [1.29, 1.82) is 0 Å². The van der Waals surface area contributed by atoms with Gasteiger partial charge in [0.15, 0.2) is 5.11 Å². The van der Waals surface area contributed by atoms with Crippen LogP contribution in [0.3, 0.4) is 0 Å². The number of rotatable bonds is 5. The average molecular weight is 607 g/mol. The molecule has 38 heavy (non-hydrogen) atoms. The van der Waals surface area contributed by atoms with E-state index in [9.17, 15) is 0 Å². The number of hydrogen-bond donors (Lipinski definition) is 1. The van der Waals surface area contributed by atoms with Gasteiger partial charge < -0.3 is 19.7 Å². The highest BCUT2D eigenvalue weighted by Gasteiger charge is 2.42. The minimum atomic E-state index is -0.131. The van der Waals surface area contributed by atoms with Crippen LogP contribution in [0, 0.1) is 5.92 Å². The first-order chi connectivity index (χ1) is 18.5. The zero-order valence-electron chi connectivity index (χ0n) is 21.1. The van der Waals surface area contributed by atoms with Crippen molar-refractivity contribution in [3.05, 3.63) is 106 Å². The maximum Gasteiger partial charge on any atom is 0.174 e. The molecule has 194 valence electrons. The zero-order chi connectivity index (χ0) is 26.2. The smallest absolute Gasteiger partial charge is 0.174 e. The summed E-state index contributed by atoms with van der Waals surface area (Å²) < 4.78 is 3.27. The normalized spacial score (nSPS) is 20.1. The number of halogens is 2. The van der Waals surface area contributed by atoms with Crippen LogP contribution in [0.5, 0.6) is 0 Å².